The van der Waals surface area contributed by atoms with Gasteiger partial charge in [-0.1, -0.05) is 6.42 Å². The Bertz CT molecular complexity index is 573. The van der Waals surface area contributed by atoms with E-state index >= 15 is 0 Å². The van der Waals surface area contributed by atoms with E-state index in [0.717, 1.165) is 24.8 Å². The summed E-state index contributed by atoms with van der Waals surface area (Å²) in [6.07, 6.45) is 2.95. The number of benzene rings is 1. The molecule has 5 heteroatoms. The van der Waals surface area contributed by atoms with Crippen molar-refractivity contribution in [2.45, 2.75) is 57.0 Å². The van der Waals surface area contributed by atoms with Gasteiger partial charge < -0.3 is 4.74 Å². The fourth-order valence-corrected chi connectivity index (χ4v) is 4.97. The van der Waals surface area contributed by atoms with E-state index in [1.54, 1.807) is 29.6 Å². The fraction of sp³-hybridized carbons (Fsp3) is 0.600. The molecule has 1 fully saturated rings. The summed E-state index contributed by atoms with van der Waals surface area (Å²) in [5, 5.41) is 0. The van der Waals surface area contributed by atoms with Crippen LogP contribution in [0.4, 0.5) is 0 Å². The van der Waals surface area contributed by atoms with Crippen LogP contribution >= 0.6 is 0 Å². The molecular formula is C15H23NO3S. The summed E-state index contributed by atoms with van der Waals surface area (Å²) in [7, 11) is -1.84. The molecule has 0 bridgehead atoms. The second-order valence-corrected chi connectivity index (χ2v) is 7.44. The third kappa shape index (κ3) is 2.69. The molecule has 1 aliphatic heterocycles. The molecule has 0 spiro atoms. The van der Waals surface area contributed by atoms with Gasteiger partial charge in [0.25, 0.3) is 0 Å². The van der Waals surface area contributed by atoms with Gasteiger partial charge in [-0.15, -0.1) is 0 Å². The standard InChI is InChI=1S/C15H23NO3S/c1-11-10-14(8-9-15(11)19-4)20(17,18)16-12(2)6-5-7-13(16)3/h8-10,12-13H,5-7H2,1-4H3. The zero-order chi connectivity index (χ0) is 14.9. The first-order valence-electron chi connectivity index (χ1n) is 7.06. The first-order chi connectivity index (χ1) is 9.37. The van der Waals surface area contributed by atoms with Crippen LogP contribution in [0.3, 0.4) is 0 Å². The molecule has 20 heavy (non-hydrogen) atoms. The largest absolute Gasteiger partial charge is 0.496 e. The topological polar surface area (TPSA) is 46.6 Å². The average Bonchev–Trinajstić information content (AvgIpc) is 2.38. The Morgan fingerprint density at radius 2 is 1.80 bits per heavy atom. The van der Waals surface area contributed by atoms with Crippen molar-refractivity contribution < 1.29 is 13.2 Å². The van der Waals surface area contributed by atoms with Crippen LogP contribution in [0.5, 0.6) is 5.75 Å². The second-order valence-electron chi connectivity index (χ2n) is 5.60. The number of hydrogen-bond donors (Lipinski definition) is 0. The second kappa shape index (κ2) is 5.74. The molecule has 1 heterocycles. The van der Waals surface area contributed by atoms with E-state index in [9.17, 15) is 8.42 Å². The Morgan fingerprint density at radius 3 is 2.30 bits per heavy atom. The van der Waals surface area contributed by atoms with Gasteiger partial charge in [0.05, 0.1) is 12.0 Å². The predicted octanol–water partition coefficient (Wildman–Crippen LogP) is 2.96. The lowest BCUT2D eigenvalue weighted by Crippen LogP contribution is -2.47. The number of nitrogens with zero attached hydrogens (tertiary/aromatic N) is 1. The van der Waals surface area contributed by atoms with E-state index in [2.05, 4.69) is 0 Å². The van der Waals surface area contributed by atoms with Gasteiger partial charge in [-0.2, -0.15) is 4.31 Å². The van der Waals surface area contributed by atoms with Gasteiger partial charge >= 0.3 is 0 Å². The van der Waals surface area contributed by atoms with E-state index in [4.69, 9.17) is 4.74 Å². The van der Waals surface area contributed by atoms with Crippen molar-refractivity contribution in [2.24, 2.45) is 0 Å². The van der Waals surface area contributed by atoms with Crippen LogP contribution in [-0.4, -0.2) is 31.9 Å². The molecule has 1 aliphatic rings. The summed E-state index contributed by atoms with van der Waals surface area (Å²) in [6.45, 7) is 5.84. The first kappa shape index (κ1) is 15.3. The molecule has 1 saturated heterocycles. The summed E-state index contributed by atoms with van der Waals surface area (Å²) in [5.41, 5.74) is 0.839. The predicted molar refractivity (Wildman–Crippen MR) is 79.5 cm³/mol. The summed E-state index contributed by atoms with van der Waals surface area (Å²) >= 11 is 0. The quantitative estimate of drug-likeness (QED) is 0.861. The Balaban J connectivity index is 2.41. The van der Waals surface area contributed by atoms with Crippen LogP contribution in [0, 0.1) is 6.92 Å². The molecule has 0 N–H and O–H groups in total. The molecule has 2 atom stereocenters. The first-order valence-corrected chi connectivity index (χ1v) is 8.50. The zero-order valence-corrected chi connectivity index (χ0v) is 13.4. The van der Waals surface area contributed by atoms with Crippen molar-refractivity contribution in [3.8, 4) is 5.75 Å². The third-order valence-corrected chi connectivity index (χ3v) is 6.18. The molecule has 0 amide bonds. The summed E-state index contributed by atoms with van der Waals surface area (Å²) in [4.78, 5) is 0.358. The van der Waals surface area contributed by atoms with Gasteiger partial charge in [0, 0.05) is 12.1 Å². The molecule has 2 rings (SSSR count). The molecule has 4 nitrogen and oxygen atoms in total. The monoisotopic (exact) mass is 297 g/mol. The highest BCUT2D eigenvalue weighted by molar-refractivity contribution is 7.89. The maximum Gasteiger partial charge on any atom is 0.243 e. The average molecular weight is 297 g/mol. The minimum absolute atomic E-state index is 0.0613. The third-order valence-electron chi connectivity index (χ3n) is 4.05. The van der Waals surface area contributed by atoms with Crippen molar-refractivity contribution in [1.82, 2.24) is 4.31 Å². The number of methoxy groups -OCH3 is 1. The van der Waals surface area contributed by atoms with E-state index in [0.29, 0.717) is 10.6 Å². The summed E-state index contributed by atoms with van der Waals surface area (Å²) in [6, 6.07) is 5.18. The van der Waals surface area contributed by atoms with Gasteiger partial charge in [-0.05, 0) is 57.4 Å². The van der Waals surface area contributed by atoms with E-state index in [-0.39, 0.29) is 12.1 Å². The molecule has 1 aromatic carbocycles. The van der Waals surface area contributed by atoms with E-state index < -0.39 is 10.0 Å². The van der Waals surface area contributed by atoms with Crippen molar-refractivity contribution in [2.75, 3.05) is 7.11 Å². The molecular weight excluding hydrogens is 274 g/mol. The number of rotatable bonds is 3. The lowest BCUT2D eigenvalue weighted by Gasteiger charge is -2.37. The Hall–Kier alpha value is -1.07. The highest BCUT2D eigenvalue weighted by atomic mass is 32.2. The number of aryl methyl sites for hydroxylation is 1. The minimum Gasteiger partial charge on any atom is -0.496 e. The van der Waals surface area contributed by atoms with Gasteiger partial charge in [0.1, 0.15) is 5.75 Å². The highest BCUT2D eigenvalue weighted by Gasteiger charge is 2.35. The SMILES string of the molecule is COc1ccc(S(=O)(=O)N2C(C)CCCC2C)cc1C. The molecule has 2 unspecified atom stereocenters. The smallest absolute Gasteiger partial charge is 0.243 e. The van der Waals surface area contributed by atoms with Crippen LogP contribution in [0.25, 0.3) is 0 Å². The lowest BCUT2D eigenvalue weighted by molar-refractivity contribution is 0.204. The highest BCUT2D eigenvalue weighted by Crippen LogP contribution is 2.31. The van der Waals surface area contributed by atoms with Crippen molar-refractivity contribution in [1.29, 1.82) is 0 Å². The van der Waals surface area contributed by atoms with Crippen molar-refractivity contribution in [3.63, 3.8) is 0 Å². The fourth-order valence-electron chi connectivity index (χ4n) is 3.00. The maximum absolute atomic E-state index is 12.8. The summed E-state index contributed by atoms with van der Waals surface area (Å²) in [5.74, 6) is 0.712. The van der Waals surface area contributed by atoms with Crippen molar-refractivity contribution in [3.05, 3.63) is 23.8 Å². The molecule has 1 aromatic rings. The van der Waals surface area contributed by atoms with Crippen LogP contribution < -0.4 is 4.74 Å². The van der Waals surface area contributed by atoms with Crippen molar-refractivity contribution >= 4 is 10.0 Å². The normalized spacial score (nSPS) is 24.6. The Labute approximate surface area is 121 Å². The van der Waals surface area contributed by atoms with Crippen LogP contribution in [0.15, 0.2) is 23.1 Å². The van der Waals surface area contributed by atoms with Crippen LogP contribution in [0.1, 0.15) is 38.7 Å². The maximum atomic E-state index is 12.8. The van der Waals surface area contributed by atoms with Crippen LogP contribution in [-0.2, 0) is 10.0 Å². The number of piperidine rings is 1. The summed E-state index contributed by atoms with van der Waals surface area (Å²) < 4.78 is 32.5. The molecule has 0 radical (unpaired) electrons. The number of ether oxygens (including phenoxy) is 1. The van der Waals surface area contributed by atoms with Gasteiger partial charge in [-0.3, -0.25) is 0 Å². The van der Waals surface area contributed by atoms with Gasteiger partial charge in [0.15, 0.2) is 0 Å². The molecule has 0 aromatic heterocycles. The lowest BCUT2D eigenvalue weighted by atomic mass is 10.0. The number of hydrogen-bond acceptors (Lipinski definition) is 3. The van der Waals surface area contributed by atoms with Crippen LogP contribution in [0.2, 0.25) is 0 Å². The molecule has 0 aliphatic carbocycles. The van der Waals surface area contributed by atoms with E-state index in [1.807, 2.05) is 20.8 Å². The number of sulfonamides is 1. The Kier molecular flexibility index (Phi) is 4.39. The zero-order valence-electron chi connectivity index (χ0n) is 12.6. The van der Waals surface area contributed by atoms with Gasteiger partial charge in [0.2, 0.25) is 10.0 Å². The Morgan fingerprint density at radius 1 is 1.20 bits per heavy atom. The van der Waals surface area contributed by atoms with E-state index in [1.165, 1.54) is 0 Å². The molecule has 0 saturated carbocycles. The van der Waals surface area contributed by atoms with Gasteiger partial charge in [-0.25, -0.2) is 8.42 Å². The minimum atomic E-state index is -3.43. The molecule has 112 valence electrons.